The molecular formula is C23H26N6O3. The fourth-order valence-electron chi connectivity index (χ4n) is 3.68. The summed E-state index contributed by atoms with van der Waals surface area (Å²) >= 11 is 0. The third kappa shape index (κ3) is 5.05. The van der Waals surface area contributed by atoms with E-state index in [1.54, 1.807) is 6.92 Å². The van der Waals surface area contributed by atoms with Crippen LogP contribution in [0.1, 0.15) is 36.9 Å². The Hall–Kier alpha value is -3.46. The average Bonchev–Trinajstić information content (AvgIpc) is 3.54. The highest BCUT2D eigenvalue weighted by molar-refractivity contribution is 5.78. The van der Waals surface area contributed by atoms with E-state index in [0.717, 1.165) is 36.0 Å². The maximum absolute atomic E-state index is 11.3. The van der Waals surface area contributed by atoms with Gasteiger partial charge in [-0.15, -0.1) is 0 Å². The van der Waals surface area contributed by atoms with Crippen molar-refractivity contribution in [3.8, 4) is 11.8 Å². The molecule has 32 heavy (non-hydrogen) atoms. The molecule has 5 rings (SSSR count). The van der Waals surface area contributed by atoms with Crippen molar-refractivity contribution in [2.45, 2.75) is 32.1 Å². The zero-order chi connectivity index (χ0) is 21.9. The molecule has 0 atom stereocenters. The predicted octanol–water partition coefficient (Wildman–Crippen LogP) is 3.58. The van der Waals surface area contributed by atoms with Gasteiger partial charge in [0.25, 0.3) is 0 Å². The Morgan fingerprint density at radius 1 is 1.16 bits per heavy atom. The fraction of sp³-hybridized carbons (Fsp3) is 0.391. The average molecular weight is 435 g/mol. The van der Waals surface area contributed by atoms with Crippen molar-refractivity contribution in [2.24, 2.45) is 0 Å². The van der Waals surface area contributed by atoms with E-state index in [2.05, 4.69) is 30.4 Å². The van der Waals surface area contributed by atoms with Gasteiger partial charge in [0.15, 0.2) is 5.82 Å². The van der Waals surface area contributed by atoms with Crippen LogP contribution in [-0.4, -0.2) is 52.3 Å². The number of nitrogens with zero attached hydrogens (tertiary/aromatic N) is 4. The number of ketones is 1. The van der Waals surface area contributed by atoms with Crippen molar-refractivity contribution in [1.29, 1.82) is 0 Å². The molecule has 0 bridgehead atoms. The largest absolute Gasteiger partial charge is 0.424 e. The highest BCUT2D eigenvalue weighted by Crippen LogP contribution is 2.39. The van der Waals surface area contributed by atoms with E-state index in [9.17, 15) is 4.79 Å². The first-order chi connectivity index (χ1) is 15.6. The van der Waals surface area contributed by atoms with E-state index in [1.807, 2.05) is 36.4 Å². The van der Waals surface area contributed by atoms with Crippen LogP contribution in [0.25, 0.3) is 0 Å². The maximum atomic E-state index is 11.3. The van der Waals surface area contributed by atoms with Crippen LogP contribution in [0.3, 0.4) is 0 Å². The minimum Gasteiger partial charge on any atom is -0.424 e. The molecule has 1 saturated carbocycles. The monoisotopic (exact) mass is 434 g/mol. The summed E-state index contributed by atoms with van der Waals surface area (Å²) in [6, 6.07) is 11.6. The van der Waals surface area contributed by atoms with Gasteiger partial charge in [-0.1, -0.05) is 12.1 Å². The van der Waals surface area contributed by atoms with Crippen molar-refractivity contribution in [3.05, 3.63) is 47.7 Å². The molecule has 2 aromatic heterocycles. The summed E-state index contributed by atoms with van der Waals surface area (Å²) in [5.74, 6) is 3.43. The van der Waals surface area contributed by atoms with Crippen LogP contribution in [0.5, 0.6) is 11.8 Å². The molecule has 9 heteroatoms. The van der Waals surface area contributed by atoms with Gasteiger partial charge in [-0.05, 0) is 37.5 Å². The molecule has 3 aromatic rings. The van der Waals surface area contributed by atoms with Gasteiger partial charge in [-0.3, -0.25) is 9.89 Å². The minimum atomic E-state index is 0.124. The number of benzene rings is 1. The summed E-state index contributed by atoms with van der Waals surface area (Å²) in [4.78, 5) is 22.7. The maximum Gasteiger partial charge on any atom is 0.325 e. The fourth-order valence-corrected chi connectivity index (χ4v) is 3.68. The zero-order valence-electron chi connectivity index (χ0n) is 18.0. The van der Waals surface area contributed by atoms with Crippen molar-refractivity contribution in [1.82, 2.24) is 20.2 Å². The zero-order valence-corrected chi connectivity index (χ0v) is 18.0. The molecule has 166 valence electrons. The number of aromatic nitrogens is 4. The Balaban J connectivity index is 1.38. The molecule has 2 aliphatic rings. The van der Waals surface area contributed by atoms with Gasteiger partial charge in [-0.2, -0.15) is 15.1 Å². The smallest absolute Gasteiger partial charge is 0.325 e. The lowest BCUT2D eigenvalue weighted by Crippen LogP contribution is -2.36. The van der Waals surface area contributed by atoms with Crippen molar-refractivity contribution >= 4 is 23.2 Å². The first-order valence-electron chi connectivity index (χ1n) is 10.9. The highest BCUT2D eigenvalue weighted by Gasteiger charge is 2.25. The molecule has 1 aromatic carbocycles. The Morgan fingerprint density at radius 3 is 2.66 bits per heavy atom. The Kier molecular flexibility index (Phi) is 5.72. The molecule has 2 N–H and O–H groups in total. The number of Topliss-reactive ketones (excluding diaryl/α,β-unsaturated/α-hetero) is 1. The predicted molar refractivity (Wildman–Crippen MR) is 120 cm³/mol. The van der Waals surface area contributed by atoms with Crippen LogP contribution in [0.2, 0.25) is 0 Å². The molecule has 0 radical (unpaired) electrons. The summed E-state index contributed by atoms with van der Waals surface area (Å²) in [5, 5.41) is 10.7. The second kappa shape index (κ2) is 8.96. The molecule has 1 aliphatic heterocycles. The summed E-state index contributed by atoms with van der Waals surface area (Å²) in [5.41, 5.74) is 2.09. The third-order valence-electron chi connectivity index (χ3n) is 5.48. The number of hydrogen-bond acceptors (Lipinski definition) is 8. The Labute approximate surface area is 186 Å². The van der Waals surface area contributed by atoms with Crippen LogP contribution in [0, 0.1) is 0 Å². The number of anilines is 3. The summed E-state index contributed by atoms with van der Waals surface area (Å²) in [6.07, 6.45) is 2.82. The molecule has 1 aliphatic carbocycles. The summed E-state index contributed by atoms with van der Waals surface area (Å²) in [6.45, 7) is 4.40. The van der Waals surface area contributed by atoms with Crippen molar-refractivity contribution < 1.29 is 14.3 Å². The molecule has 9 nitrogen and oxygen atoms in total. The van der Waals surface area contributed by atoms with Gasteiger partial charge in [0.2, 0.25) is 0 Å². The van der Waals surface area contributed by atoms with Crippen LogP contribution in [0.15, 0.2) is 36.4 Å². The number of H-pyrrole nitrogens is 1. The Morgan fingerprint density at radius 2 is 1.94 bits per heavy atom. The van der Waals surface area contributed by atoms with Gasteiger partial charge in [0, 0.05) is 43.3 Å². The van der Waals surface area contributed by atoms with Crippen LogP contribution >= 0.6 is 0 Å². The van der Waals surface area contributed by atoms with E-state index >= 15 is 0 Å². The van der Waals surface area contributed by atoms with Crippen LogP contribution in [0.4, 0.5) is 17.5 Å². The normalized spacial score (nSPS) is 16.1. The van der Waals surface area contributed by atoms with Crippen molar-refractivity contribution in [2.75, 3.05) is 36.5 Å². The van der Waals surface area contributed by atoms with E-state index < -0.39 is 0 Å². The van der Waals surface area contributed by atoms with E-state index in [0.29, 0.717) is 37.1 Å². The standard InChI is InChI=1S/C23H26N6O3/c1-15(30)12-16-2-6-18(7-3-16)32-23-25-20(14-22(26-23)29-8-10-31-11-9-29)24-21-13-19(27-28-21)17-4-5-17/h2-3,6-7,13-14,17H,4-5,8-12H2,1H3,(H2,24,25,26,27,28). The molecule has 0 unspecified atom stereocenters. The molecular weight excluding hydrogens is 408 g/mol. The molecule has 3 heterocycles. The van der Waals surface area contributed by atoms with Gasteiger partial charge in [0.1, 0.15) is 23.2 Å². The first kappa shape index (κ1) is 20.4. The third-order valence-corrected chi connectivity index (χ3v) is 5.48. The van der Waals surface area contributed by atoms with Gasteiger partial charge in [-0.25, -0.2) is 0 Å². The first-order valence-corrected chi connectivity index (χ1v) is 10.9. The molecule has 0 spiro atoms. The lowest BCUT2D eigenvalue weighted by atomic mass is 10.1. The summed E-state index contributed by atoms with van der Waals surface area (Å²) in [7, 11) is 0. The van der Waals surface area contributed by atoms with Crippen LogP contribution < -0.4 is 15.0 Å². The summed E-state index contributed by atoms with van der Waals surface area (Å²) < 4.78 is 11.4. The van der Waals surface area contributed by atoms with Gasteiger partial charge in [0.05, 0.1) is 13.2 Å². The Bertz CT molecular complexity index is 1090. The lowest BCUT2D eigenvalue weighted by Gasteiger charge is -2.28. The van der Waals surface area contributed by atoms with Crippen molar-refractivity contribution in [3.63, 3.8) is 0 Å². The van der Waals surface area contributed by atoms with Crippen LogP contribution in [-0.2, 0) is 16.0 Å². The lowest BCUT2D eigenvalue weighted by molar-refractivity contribution is -0.116. The minimum absolute atomic E-state index is 0.124. The number of rotatable bonds is 8. The van der Waals surface area contributed by atoms with E-state index in [1.165, 1.54) is 12.8 Å². The number of ether oxygens (including phenoxy) is 2. The number of carbonyl (C=O) groups excluding carboxylic acids is 1. The number of nitrogens with one attached hydrogen (secondary N) is 2. The molecule has 2 fully saturated rings. The van der Waals surface area contributed by atoms with Gasteiger partial charge < -0.3 is 19.7 Å². The second-order valence-corrected chi connectivity index (χ2v) is 8.23. The number of hydrogen-bond donors (Lipinski definition) is 2. The van der Waals surface area contributed by atoms with E-state index in [4.69, 9.17) is 9.47 Å². The molecule has 0 amide bonds. The topological polar surface area (TPSA) is 105 Å². The second-order valence-electron chi connectivity index (χ2n) is 8.23. The van der Waals surface area contributed by atoms with E-state index in [-0.39, 0.29) is 11.8 Å². The number of aromatic amines is 1. The quantitative estimate of drug-likeness (QED) is 0.554. The number of morpholine rings is 1. The highest BCUT2D eigenvalue weighted by atomic mass is 16.5. The molecule has 1 saturated heterocycles. The number of carbonyl (C=O) groups is 1. The van der Waals surface area contributed by atoms with Gasteiger partial charge >= 0.3 is 6.01 Å². The SMILES string of the molecule is CC(=O)Cc1ccc(Oc2nc(Nc3cc(C4CC4)[nH]n3)cc(N3CCOCC3)n2)cc1.